The zero-order chi connectivity index (χ0) is 21.3. The van der Waals surface area contributed by atoms with Gasteiger partial charge in [-0.25, -0.2) is 0 Å². The summed E-state index contributed by atoms with van der Waals surface area (Å²) in [5, 5.41) is 10.0. The fourth-order valence-corrected chi connectivity index (χ4v) is 6.23. The molecule has 4 heterocycles. The average molecular weight is 420 g/mol. The van der Waals surface area contributed by atoms with Gasteiger partial charge in [0.1, 0.15) is 11.2 Å². The van der Waals surface area contributed by atoms with Crippen molar-refractivity contribution in [3.8, 4) is 0 Å². The first kappa shape index (κ1) is 16.2. The first-order valence-corrected chi connectivity index (χ1v) is 11.3. The number of furan rings is 1. The van der Waals surface area contributed by atoms with Crippen LogP contribution in [0.4, 0.5) is 0 Å². The second-order valence-electron chi connectivity index (χ2n) is 9.02. The molecular formula is C30H16N2O. The summed E-state index contributed by atoms with van der Waals surface area (Å²) in [6.07, 6.45) is 0. The molecule has 0 amide bonds. The number of nitrogens with zero attached hydrogens (tertiary/aromatic N) is 1. The smallest absolute Gasteiger partial charge is 0.136 e. The van der Waals surface area contributed by atoms with E-state index in [4.69, 9.17) is 4.42 Å². The number of benzene rings is 5. The Morgan fingerprint density at radius 2 is 1.21 bits per heavy atom. The summed E-state index contributed by atoms with van der Waals surface area (Å²) in [5.74, 6) is 0. The van der Waals surface area contributed by atoms with Crippen LogP contribution in [0, 0.1) is 0 Å². The van der Waals surface area contributed by atoms with Crippen molar-refractivity contribution in [3.05, 3.63) is 91.0 Å². The fourth-order valence-electron chi connectivity index (χ4n) is 6.23. The summed E-state index contributed by atoms with van der Waals surface area (Å²) >= 11 is 0. The molecular weight excluding hydrogens is 404 g/mol. The molecule has 0 aliphatic rings. The van der Waals surface area contributed by atoms with Crippen LogP contribution < -0.4 is 0 Å². The Balaban J connectivity index is 1.74. The second kappa shape index (κ2) is 5.28. The number of hydrogen-bond acceptors (Lipinski definition) is 1. The first-order valence-electron chi connectivity index (χ1n) is 11.3. The van der Waals surface area contributed by atoms with E-state index in [2.05, 4.69) is 94.3 Å². The highest BCUT2D eigenvalue weighted by atomic mass is 16.3. The van der Waals surface area contributed by atoms with E-state index in [-0.39, 0.29) is 0 Å². The number of H-pyrrole nitrogens is 1. The van der Waals surface area contributed by atoms with Crippen LogP contribution in [0.15, 0.2) is 95.4 Å². The summed E-state index contributed by atoms with van der Waals surface area (Å²) < 4.78 is 8.73. The van der Waals surface area contributed by atoms with Crippen LogP contribution in [-0.4, -0.2) is 9.38 Å². The molecule has 0 radical (unpaired) electrons. The lowest BCUT2D eigenvalue weighted by atomic mass is 10.0. The van der Waals surface area contributed by atoms with Gasteiger partial charge in [0, 0.05) is 48.7 Å². The number of rotatable bonds is 0. The topological polar surface area (TPSA) is 33.3 Å². The summed E-state index contributed by atoms with van der Waals surface area (Å²) in [4.78, 5) is 3.65. The maximum absolute atomic E-state index is 6.26. The summed E-state index contributed by atoms with van der Waals surface area (Å²) in [7, 11) is 0. The maximum atomic E-state index is 6.26. The zero-order valence-corrected chi connectivity index (χ0v) is 17.5. The van der Waals surface area contributed by atoms with Crippen molar-refractivity contribution < 1.29 is 4.42 Å². The lowest BCUT2D eigenvalue weighted by molar-refractivity contribution is 0.669. The highest BCUT2D eigenvalue weighted by molar-refractivity contribution is 6.34. The molecule has 1 N–H and O–H groups in total. The van der Waals surface area contributed by atoms with Gasteiger partial charge in [0.05, 0.1) is 16.6 Å². The van der Waals surface area contributed by atoms with Crippen LogP contribution in [0.3, 0.4) is 0 Å². The molecule has 0 unspecified atom stereocenters. The van der Waals surface area contributed by atoms with Gasteiger partial charge in [0.15, 0.2) is 0 Å². The summed E-state index contributed by atoms with van der Waals surface area (Å²) in [5.41, 5.74) is 7.94. The number of aromatic nitrogens is 2. The van der Waals surface area contributed by atoms with Crippen molar-refractivity contribution in [2.24, 2.45) is 0 Å². The number of hydrogen-bond donors (Lipinski definition) is 1. The van der Waals surface area contributed by atoms with Gasteiger partial charge in [-0.1, -0.05) is 54.6 Å². The van der Waals surface area contributed by atoms with Gasteiger partial charge in [-0.3, -0.25) is 0 Å². The fraction of sp³-hybridized carbons (Fsp3) is 0. The molecule has 0 bridgehead atoms. The molecule has 0 aliphatic heterocycles. The van der Waals surface area contributed by atoms with Gasteiger partial charge in [-0.05, 0) is 41.8 Å². The van der Waals surface area contributed by atoms with Crippen molar-refractivity contribution in [3.63, 3.8) is 0 Å². The molecule has 0 atom stereocenters. The van der Waals surface area contributed by atoms with Gasteiger partial charge in [0.2, 0.25) is 0 Å². The van der Waals surface area contributed by atoms with Gasteiger partial charge >= 0.3 is 0 Å². The molecule has 33 heavy (non-hydrogen) atoms. The highest BCUT2D eigenvalue weighted by Crippen LogP contribution is 2.45. The molecule has 0 saturated carbocycles. The number of fused-ring (bicyclic) bond motifs is 9. The van der Waals surface area contributed by atoms with Gasteiger partial charge in [-0.15, -0.1) is 0 Å². The Bertz CT molecular complexity index is 2240. The molecule has 152 valence electrons. The lowest BCUT2D eigenvalue weighted by Crippen LogP contribution is -1.84. The van der Waals surface area contributed by atoms with Crippen LogP contribution in [0.1, 0.15) is 0 Å². The quantitative estimate of drug-likeness (QED) is 0.263. The lowest BCUT2D eigenvalue weighted by Gasteiger charge is -2.01. The Labute approximate surface area is 186 Å². The van der Waals surface area contributed by atoms with Gasteiger partial charge < -0.3 is 13.8 Å². The molecule has 3 nitrogen and oxygen atoms in total. The summed E-state index contributed by atoms with van der Waals surface area (Å²) in [6.45, 7) is 0. The van der Waals surface area contributed by atoms with Crippen molar-refractivity contribution in [1.29, 1.82) is 0 Å². The maximum Gasteiger partial charge on any atom is 0.136 e. The van der Waals surface area contributed by atoms with Crippen LogP contribution in [-0.2, 0) is 0 Å². The van der Waals surface area contributed by atoms with Crippen LogP contribution >= 0.6 is 0 Å². The second-order valence-corrected chi connectivity index (χ2v) is 9.02. The van der Waals surface area contributed by atoms with Crippen LogP contribution in [0.2, 0.25) is 0 Å². The molecule has 5 aromatic carbocycles. The molecule has 0 aliphatic carbocycles. The number of nitrogens with one attached hydrogen (secondary N) is 1. The Kier molecular flexibility index (Phi) is 2.59. The largest absolute Gasteiger partial charge is 0.456 e. The molecule has 9 rings (SSSR count). The third-order valence-corrected chi connectivity index (χ3v) is 7.45. The standard InChI is InChI=1S/C30H16N2O/c1-2-13-24-18(6-1)28-25(33-24)15-14-23-27(28)19-9-3-8-17-16-7-4-10-20-26(16)29-21(31-20)11-5-12-22(29)32(23)30(17)19/h1-15,31H. The molecule has 0 saturated heterocycles. The molecule has 0 spiro atoms. The first-order chi connectivity index (χ1) is 16.4. The average Bonchev–Trinajstić information content (AvgIpc) is 3.49. The van der Waals surface area contributed by atoms with Crippen molar-refractivity contribution >= 4 is 81.8 Å². The minimum Gasteiger partial charge on any atom is -0.456 e. The minimum atomic E-state index is 0.934. The van der Waals surface area contributed by atoms with Crippen molar-refractivity contribution in [1.82, 2.24) is 9.38 Å². The zero-order valence-electron chi connectivity index (χ0n) is 17.5. The monoisotopic (exact) mass is 420 g/mol. The van der Waals surface area contributed by atoms with E-state index in [0.29, 0.717) is 0 Å². The predicted molar refractivity (Wildman–Crippen MR) is 138 cm³/mol. The molecule has 9 aromatic rings. The van der Waals surface area contributed by atoms with Crippen LogP contribution in [0.25, 0.3) is 81.8 Å². The summed E-state index contributed by atoms with van der Waals surface area (Å²) in [6, 6.07) is 32.6. The van der Waals surface area contributed by atoms with E-state index < -0.39 is 0 Å². The van der Waals surface area contributed by atoms with Crippen LogP contribution in [0.5, 0.6) is 0 Å². The van der Waals surface area contributed by atoms with E-state index in [1.54, 1.807) is 0 Å². The normalized spacial score (nSPS) is 12.8. The van der Waals surface area contributed by atoms with E-state index in [0.717, 1.165) is 11.2 Å². The van der Waals surface area contributed by atoms with Crippen molar-refractivity contribution in [2.75, 3.05) is 0 Å². The molecule has 4 aromatic heterocycles. The van der Waals surface area contributed by atoms with Gasteiger partial charge in [0.25, 0.3) is 0 Å². The van der Waals surface area contributed by atoms with Crippen molar-refractivity contribution in [2.45, 2.75) is 0 Å². The molecule has 3 heteroatoms. The molecule has 0 fully saturated rings. The highest BCUT2D eigenvalue weighted by Gasteiger charge is 2.21. The Morgan fingerprint density at radius 1 is 0.485 bits per heavy atom. The number of para-hydroxylation sites is 2. The third kappa shape index (κ3) is 1.74. The SMILES string of the molecule is c1ccc2c(c1)oc1ccc3c(c4cccc5c6cccc7[nH]c8cccc(c8c76)n3c54)c12. The Hall–Kier alpha value is -4.50. The van der Waals surface area contributed by atoms with E-state index in [9.17, 15) is 0 Å². The van der Waals surface area contributed by atoms with E-state index in [1.165, 1.54) is 70.7 Å². The Morgan fingerprint density at radius 3 is 2.18 bits per heavy atom. The van der Waals surface area contributed by atoms with E-state index >= 15 is 0 Å². The number of aromatic amines is 1. The van der Waals surface area contributed by atoms with E-state index in [1.807, 2.05) is 6.07 Å². The minimum absolute atomic E-state index is 0.934. The van der Waals surface area contributed by atoms with Gasteiger partial charge in [-0.2, -0.15) is 0 Å². The third-order valence-electron chi connectivity index (χ3n) is 7.45. The predicted octanol–water partition coefficient (Wildman–Crippen LogP) is 8.37.